The molecule has 2 aromatic rings. The van der Waals surface area contributed by atoms with Crippen molar-refractivity contribution in [2.24, 2.45) is 0 Å². The Bertz CT molecular complexity index is 597. The van der Waals surface area contributed by atoms with E-state index in [1.54, 1.807) is 24.3 Å². The summed E-state index contributed by atoms with van der Waals surface area (Å²) in [5.74, 6) is 0.691. The van der Waals surface area contributed by atoms with Crippen LogP contribution in [0, 0.1) is 0 Å². The van der Waals surface area contributed by atoms with Crippen LogP contribution in [0.5, 0.6) is 0 Å². The van der Waals surface area contributed by atoms with Crippen molar-refractivity contribution in [2.45, 2.75) is 0 Å². The molecule has 0 unspecified atom stereocenters. The summed E-state index contributed by atoms with van der Waals surface area (Å²) in [7, 11) is 0. The summed E-state index contributed by atoms with van der Waals surface area (Å²) < 4.78 is 0.619. The van der Waals surface area contributed by atoms with E-state index in [1.165, 1.54) is 23.5 Å². The maximum Gasteiger partial charge on any atom is 0.173 e. The molecule has 0 bridgehead atoms. The van der Waals surface area contributed by atoms with Crippen molar-refractivity contribution in [3.63, 3.8) is 0 Å². The topological polar surface area (TPSA) is 34.1 Å². The Labute approximate surface area is 143 Å². The molecule has 0 heterocycles. The van der Waals surface area contributed by atoms with Crippen LogP contribution in [0.1, 0.15) is 20.7 Å². The quantitative estimate of drug-likeness (QED) is 0.568. The van der Waals surface area contributed by atoms with Gasteiger partial charge in [0.1, 0.15) is 3.53 Å². The number of thiocarbonyl (C=S) groups is 1. The van der Waals surface area contributed by atoms with E-state index in [4.69, 9.17) is 12.2 Å². The van der Waals surface area contributed by atoms with Crippen molar-refractivity contribution in [3.8, 4) is 0 Å². The van der Waals surface area contributed by atoms with E-state index in [2.05, 4.69) is 0 Å². The van der Waals surface area contributed by atoms with Gasteiger partial charge in [-0.2, -0.15) is 0 Å². The molecule has 2 aromatic carbocycles. The van der Waals surface area contributed by atoms with Crippen molar-refractivity contribution < 1.29 is 9.59 Å². The average Bonchev–Trinajstić information content (AvgIpc) is 2.59. The highest BCUT2D eigenvalue weighted by molar-refractivity contribution is 8.47. The molecule has 0 saturated heterocycles. The highest BCUT2D eigenvalue weighted by atomic mass is 32.2. The summed E-state index contributed by atoms with van der Waals surface area (Å²) in [5.41, 5.74) is 1.37. The van der Waals surface area contributed by atoms with Gasteiger partial charge in [-0.15, -0.1) is 0 Å². The van der Waals surface area contributed by atoms with Crippen LogP contribution in [0.3, 0.4) is 0 Å². The van der Waals surface area contributed by atoms with E-state index in [0.29, 0.717) is 26.2 Å². The van der Waals surface area contributed by atoms with E-state index in [9.17, 15) is 9.59 Å². The first-order chi connectivity index (χ1) is 10.7. The van der Waals surface area contributed by atoms with E-state index in [1.807, 2.05) is 36.4 Å². The Morgan fingerprint density at radius 2 is 1.09 bits per heavy atom. The normalized spacial score (nSPS) is 10.2. The number of hydrogen-bond donors (Lipinski definition) is 0. The second kappa shape index (κ2) is 8.88. The minimum absolute atomic E-state index is 0.0444. The Hall–Kier alpha value is -1.43. The van der Waals surface area contributed by atoms with Gasteiger partial charge in [0.25, 0.3) is 0 Å². The predicted octanol–water partition coefficient (Wildman–Crippen LogP) is 4.50. The van der Waals surface area contributed by atoms with Crippen LogP contribution in [-0.2, 0) is 0 Å². The molecule has 0 fully saturated rings. The van der Waals surface area contributed by atoms with Crippen molar-refractivity contribution in [1.29, 1.82) is 0 Å². The summed E-state index contributed by atoms with van der Waals surface area (Å²) in [6.45, 7) is 0. The van der Waals surface area contributed by atoms with Gasteiger partial charge in [0.15, 0.2) is 11.6 Å². The molecule has 0 N–H and O–H groups in total. The number of hydrogen-bond acceptors (Lipinski definition) is 5. The zero-order chi connectivity index (χ0) is 15.8. The van der Waals surface area contributed by atoms with Crippen LogP contribution in [0.25, 0.3) is 0 Å². The molecule has 2 rings (SSSR count). The van der Waals surface area contributed by atoms with Gasteiger partial charge in [0.2, 0.25) is 0 Å². The number of Topliss-reactive ketones (excluding diaryl/α,β-unsaturated/α-hetero) is 2. The Morgan fingerprint density at radius 3 is 1.45 bits per heavy atom. The van der Waals surface area contributed by atoms with Gasteiger partial charge in [0, 0.05) is 11.1 Å². The molecule has 0 atom stereocenters. The lowest BCUT2D eigenvalue weighted by Gasteiger charge is -2.03. The molecular formula is C17H14O2S3. The fourth-order valence-corrected chi connectivity index (χ4v) is 3.58. The Balaban J connectivity index is 1.74. The zero-order valence-electron chi connectivity index (χ0n) is 11.7. The zero-order valence-corrected chi connectivity index (χ0v) is 14.2. The lowest BCUT2D eigenvalue weighted by Crippen LogP contribution is -2.06. The van der Waals surface area contributed by atoms with Crippen LogP contribution < -0.4 is 0 Å². The molecule has 22 heavy (non-hydrogen) atoms. The van der Waals surface area contributed by atoms with Gasteiger partial charge in [-0.25, -0.2) is 0 Å². The molecule has 112 valence electrons. The first-order valence-corrected chi connectivity index (χ1v) is 9.01. The second-order valence-electron chi connectivity index (χ2n) is 4.41. The van der Waals surface area contributed by atoms with Crippen molar-refractivity contribution >= 4 is 50.8 Å². The number of benzene rings is 2. The number of carbonyl (C=O) groups excluding carboxylic acids is 2. The summed E-state index contributed by atoms with van der Waals surface area (Å²) in [6.07, 6.45) is 0. The van der Waals surface area contributed by atoms with Crippen LogP contribution in [0.2, 0.25) is 0 Å². The van der Waals surface area contributed by atoms with Crippen molar-refractivity contribution in [3.05, 3.63) is 71.8 Å². The van der Waals surface area contributed by atoms with Gasteiger partial charge in [-0.05, 0) is 0 Å². The number of ketones is 2. The van der Waals surface area contributed by atoms with Crippen molar-refractivity contribution in [1.82, 2.24) is 0 Å². The molecule has 0 aliphatic rings. The van der Waals surface area contributed by atoms with Gasteiger partial charge in [-0.3, -0.25) is 9.59 Å². The first kappa shape index (κ1) is 16.9. The standard InChI is InChI=1S/C17H14O2S3/c18-15(13-7-3-1-4-8-13)11-21-17(20)22-12-16(19)14-9-5-2-6-10-14/h1-10H,11-12H2. The number of carbonyl (C=O) groups is 2. The lowest BCUT2D eigenvalue weighted by molar-refractivity contribution is 0.101. The Morgan fingerprint density at radius 1 is 0.727 bits per heavy atom. The summed E-state index contributed by atoms with van der Waals surface area (Å²) in [4.78, 5) is 23.9. The fraction of sp³-hybridized carbons (Fsp3) is 0.118. The van der Waals surface area contributed by atoms with Gasteiger partial charge in [-0.1, -0.05) is 96.4 Å². The fourth-order valence-electron chi connectivity index (χ4n) is 1.71. The van der Waals surface area contributed by atoms with Crippen LogP contribution in [0.15, 0.2) is 60.7 Å². The molecular weight excluding hydrogens is 332 g/mol. The molecule has 0 aromatic heterocycles. The van der Waals surface area contributed by atoms with Crippen molar-refractivity contribution in [2.75, 3.05) is 11.5 Å². The third-order valence-corrected chi connectivity index (χ3v) is 5.53. The molecule has 0 aliphatic heterocycles. The van der Waals surface area contributed by atoms with Gasteiger partial charge < -0.3 is 0 Å². The molecule has 0 aliphatic carbocycles. The SMILES string of the molecule is O=C(CSC(=S)SCC(=O)c1ccccc1)c1ccccc1. The smallest absolute Gasteiger partial charge is 0.173 e. The molecule has 2 nitrogen and oxygen atoms in total. The maximum atomic E-state index is 12.0. The average molecular weight is 346 g/mol. The maximum absolute atomic E-state index is 12.0. The highest BCUT2D eigenvalue weighted by Crippen LogP contribution is 2.20. The molecule has 0 saturated carbocycles. The molecule has 0 spiro atoms. The van der Waals surface area contributed by atoms with Crippen LogP contribution in [-0.4, -0.2) is 26.6 Å². The molecule has 0 radical (unpaired) electrons. The predicted molar refractivity (Wildman–Crippen MR) is 99.1 cm³/mol. The third kappa shape index (κ3) is 5.40. The molecule has 0 amide bonds. The lowest BCUT2D eigenvalue weighted by atomic mass is 10.2. The van der Waals surface area contributed by atoms with Crippen LogP contribution in [0.4, 0.5) is 0 Å². The van der Waals surface area contributed by atoms with Gasteiger partial charge in [0.05, 0.1) is 11.5 Å². The third-order valence-electron chi connectivity index (χ3n) is 2.83. The summed E-state index contributed by atoms with van der Waals surface area (Å²) in [6, 6.07) is 18.3. The minimum Gasteiger partial charge on any atom is -0.293 e. The monoisotopic (exact) mass is 346 g/mol. The minimum atomic E-state index is 0.0444. The first-order valence-electron chi connectivity index (χ1n) is 6.63. The molecule has 5 heteroatoms. The summed E-state index contributed by atoms with van der Waals surface area (Å²) in [5, 5.41) is 0. The van der Waals surface area contributed by atoms with E-state index in [-0.39, 0.29) is 11.6 Å². The largest absolute Gasteiger partial charge is 0.293 e. The highest BCUT2D eigenvalue weighted by Gasteiger charge is 2.10. The summed E-state index contributed by atoms with van der Waals surface area (Å²) >= 11 is 7.83. The second-order valence-corrected chi connectivity index (χ2v) is 7.56. The van der Waals surface area contributed by atoms with Crippen LogP contribution >= 0.6 is 35.7 Å². The van der Waals surface area contributed by atoms with Gasteiger partial charge >= 0.3 is 0 Å². The Kier molecular flexibility index (Phi) is 6.83. The number of thioether (sulfide) groups is 2. The number of rotatable bonds is 6. The van der Waals surface area contributed by atoms with E-state index < -0.39 is 0 Å². The van der Waals surface area contributed by atoms with E-state index in [0.717, 1.165) is 0 Å². The van der Waals surface area contributed by atoms with E-state index >= 15 is 0 Å².